The summed E-state index contributed by atoms with van der Waals surface area (Å²) in [4.78, 5) is 31.8. The van der Waals surface area contributed by atoms with E-state index in [0.717, 1.165) is 33.3 Å². The van der Waals surface area contributed by atoms with Crippen molar-refractivity contribution in [3.63, 3.8) is 0 Å². The van der Waals surface area contributed by atoms with E-state index in [2.05, 4.69) is 9.71 Å². The molecule has 0 saturated carbocycles. The number of fused-ring (bicyclic) bond motifs is 3. The summed E-state index contributed by atoms with van der Waals surface area (Å²) in [5.74, 6) is -0.437. The number of esters is 1. The summed E-state index contributed by atoms with van der Waals surface area (Å²) in [6.45, 7) is 1.37. The summed E-state index contributed by atoms with van der Waals surface area (Å²) in [6.07, 6.45) is 2.37. The van der Waals surface area contributed by atoms with Crippen molar-refractivity contribution in [1.29, 1.82) is 0 Å². The van der Waals surface area contributed by atoms with Gasteiger partial charge in [0, 0.05) is 53.1 Å². The molecular formula is C21H23N3O5S2. The number of hydrogen-bond acceptors (Lipinski definition) is 6. The Kier molecular flexibility index (Phi) is 5.87. The standard InChI is InChI=1S/C21H23N3O5S2/c1-29-21(26)13-3-5-17-15(11-13)16-12-24(10-8-18(16)23-17)20(25)19-6-4-14(30-19)7-9-22-31(2,27)28/h3-6,11,22-23H,7-10,12H2,1-2H3. The minimum Gasteiger partial charge on any atom is -0.465 e. The largest absolute Gasteiger partial charge is 0.465 e. The molecule has 1 aromatic carbocycles. The topological polar surface area (TPSA) is 109 Å². The smallest absolute Gasteiger partial charge is 0.337 e. The summed E-state index contributed by atoms with van der Waals surface area (Å²) in [7, 11) is -1.87. The van der Waals surface area contributed by atoms with Crippen LogP contribution in [0.25, 0.3) is 10.9 Å². The third-order valence-corrected chi connectivity index (χ3v) is 7.15. The van der Waals surface area contributed by atoms with Gasteiger partial charge in [0.1, 0.15) is 0 Å². The summed E-state index contributed by atoms with van der Waals surface area (Å²) >= 11 is 1.39. The van der Waals surface area contributed by atoms with E-state index in [1.807, 2.05) is 23.1 Å². The Morgan fingerprint density at radius 2 is 2.06 bits per heavy atom. The predicted molar refractivity (Wildman–Crippen MR) is 119 cm³/mol. The molecule has 2 aromatic heterocycles. The number of nitrogens with zero attached hydrogens (tertiary/aromatic N) is 1. The molecule has 0 unspecified atom stereocenters. The summed E-state index contributed by atoms with van der Waals surface area (Å²) in [6, 6.07) is 9.06. The van der Waals surface area contributed by atoms with Crippen LogP contribution in [0.3, 0.4) is 0 Å². The Hall–Kier alpha value is -2.69. The van der Waals surface area contributed by atoms with E-state index in [9.17, 15) is 18.0 Å². The van der Waals surface area contributed by atoms with Gasteiger partial charge >= 0.3 is 5.97 Å². The van der Waals surface area contributed by atoms with Crippen LogP contribution in [0.4, 0.5) is 0 Å². The van der Waals surface area contributed by atoms with Gasteiger partial charge in [-0.05, 0) is 36.8 Å². The van der Waals surface area contributed by atoms with E-state index in [1.54, 1.807) is 12.1 Å². The summed E-state index contributed by atoms with van der Waals surface area (Å²) in [5.41, 5.74) is 3.52. The first-order valence-electron chi connectivity index (χ1n) is 9.79. The lowest BCUT2D eigenvalue weighted by Gasteiger charge is -2.27. The molecule has 8 nitrogen and oxygen atoms in total. The van der Waals surface area contributed by atoms with Crippen molar-refractivity contribution >= 4 is 44.1 Å². The fraction of sp³-hybridized carbons (Fsp3) is 0.333. The number of carbonyl (C=O) groups excluding carboxylic acids is 2. The molecular weight excluding hydrogens is 438 g/mol. The van der Waals surface area contributed by atoms with Crippen LogP contribution in [0.5, 0.6) is 0 Å². The molecule has 0 fully saturated rings. The van der Waals surface area contributed by atoms with E-state index in [4.69, 9.17) is 4.74 Å². The van der Waals surface area contributed by atoms with Crippen LogP contribution in [0.2, 0.25) is 0 Å². The van der Waals surface area contributed by atoms with E-state index >= 15 is 0 Å². The molecule has 3 aromatic rings. The number of hydrogen-bond donors (Lipinski definition) is 2. The van der Waals surface area contributed by atoms with Gasteiger partial charge < -0.3 is 14.6 Å². The highest BCUT2D eigenvalue weighted by Crippen LogP contribution is 2.30. The first-order valence-corrected chi connectivity index (χ1v) is 12.5. The fourth-order valence-electron chi connectivity index (χ4n) is 3.78. The molecule has 1 aliphatic rings. The number of nitrogens with one attached hydrogen (secondary N) is 2. The highest BCUT2D eigenvalue weighted by molar-refractivity contribution is 7.88. The molecule has 3 heterocycles. The van der Waals surface area contributed by atoms with Crippen molar-refractivity contribution in [3.05, 3.63) is 56.9 Å². The van der Waals surface area contributed by atoms with Gasteiger partial charge in [-0.3, -0.25) is 4.79 Å². The number of aromatic amines is 1. The molecule has 2 N–H and O–H groups in total. The second-order valence-corrected chi connectivity index (χ2v) is 10.5. The Balaban J connectivity index is 1.50. The molecule has 0 radical (unpaired) electrons. The van der Waals surface area contributed by atoms with Crippen LogP contribution in [0.1, 0.15) is 36.2 Å². The molecule has 10 heteroatoms. The number of rotatable bonds is 6. The molecule has 31 heavy (non-hydrogen) atoms. The minimum absolute atomic E-state index is 0.0450. The third kappa shape index (κ3) is 4.65. The molecule has 0 bridgehead atoms. The Morgan fingerprint density at radius 1 is 1.26 bits per heavy atom. The number of methoxy groups -OCH3 is 1. The zero-order valence-corrected chi connectivity index (χ0v) is 18.9. The maximum Gasteiger partial charge on any atom is 0.337 e. The molecule has 4 rings (SSSR count). The summed E-state index contributed by atoms with van der Waals surface area (Å²) in [5, 5.41) is 0.925. The Morgan fingerprint density at radius 3 is 2.81 bits per heavy atom. The van der Waals surface area contributed by atoms with Crippen molar-refractivity contribution in [1.82, 2.24) is 14.6 Å². The molecule has 164 valence electrons. The van der Waals surface area contributed by atoms with Crippen molar-refractivity contribution in [3.8, 4) is 0 Å². The quantitative estimate of drug-likeness (QED) is 0.548. The summed E-state index contributed by atoms with van der Waals surface area (Å²) < 4.78 is 29.7. The highest BCUT2D eigenvalue weighted by atomic mass is 32.2. The third-order valence-electron chi connectivity index (χ3n) is 5.29. The zero-order chi connectivity index (χ0) is 22.2. The first kappa shape index (κ1) is 21.5. The normalized spacial score (nSPS) is 13.9. The molecule has 0 spiro atoms. The van der Waals surface area contributed by atoms with Gasteiger partial charge in [-0.15, -0.1) is 11.3 Å². The highest BCUT2D eigenvalue weighted by Gasteiger charge is 2.26. The van der Waals surface area contributed by atoms with Gasteiger partial charge in [-0.2, -0.15) is 0 Å². The van der Waals surface area contributed by atoms with Crippen LogP contribution in [0, 0.1) is 0 Å². The monoisotopic (exact) mass is 461 g/mol. The number of ether oxygens (including phenoxy) is 1. The zero-order valence-electron chi connectivity index (χ0n) is 17.2. The molecule has 0 atom stereocenters. The van der Waals surface area contributed by atoms with Crippen LogP contribution < -0.4 is 4.72 Å². The second kappa shape index (κ2) is 8.45. The van der Waals surface area contributed by atoms with Crippen LogP contribution in [0.15, 0.2) is 30.3 Å². The van der Waals surface area contributed by atoms with Gasteiger partial charge in [-0.1, -0.05) is 0 Å². The number of H-pyrrole nitrogens is 1. The lowest BCUT2D eigenvalue weighted by Crippen LogP contribution is -2.35. The average molecular weight is 462 g/mol. The number of amides is 1. The number of carbonyl (C=O) groups is 2. The molecule has 1 amide bonds. The average Bonchev–Trinajstić information content (AvgIpc) is 3.35. The van der Waals surface area contributed by atoms with E-state index in [0.29, 0.717) is 42.9 Å². The van der Waals surface area contributed by atoms with Crippen molar-refractivity contribution in [2.75, 3.05) is 26.5 Å². The molecule has 0 aliphatic carbocycles. The van der Waals surface area contributed by atoms with Crippen molar-refractivity contribution in [2.24, 2.45) is 0 Å². The minimum atomic E-state index is -3.22. The van der Waals surface area contributed by atoms with Gasteiger partial charge in [0.15, 0.2) is 0 Å². The maximum absolute atomic E-state index is 13.1. The van der Waals surface area contributed by atoms with E-state index in [-0.39, 0.29) is 5.91 Å². The lowest BCUT2D eigenvalue weighted by atomic mass is 10.0. The number of sulfonamides is 1. The van der Waals surface area contributed by atoms with Crippen molar-refractivity contribution < 1.29 is 22.7 Å². The number of aromatic nitrogens is 1. The van der Waals surface area contributed by atoms with Crippen LogP contribution in [-0.4, -0.2) is 56.6 Å². The van der Waals surface area contributed by atoms with Crippen LogP contribution in [-0.2, 0) is 34.1 Å². The molecule has 0 saturated heterocycles. The van der Waals surface area contributed by atoms with Gasteiger partial charge in [0.05, 0.1) is 23.8 Å². The first-order chi connectivity index (χ1) is 14.7. The van der Waals surface area contributed by atoms with E-state index in [1.165, 1.54) is 18.4 Å². The predicted octanol–water partition coefficient (Wildman–Crippen LogP) is 2.31. The van der Waals surface area contributed by atoms with Gasteiger partial charge in [0.2, 0.25) is 10.0 Å². The van der Waals surface area contributed by atoms with Gasteiger partial charge in [0.25, 0.3) is 5.91 Å². The van der Waals surface area contributed by atoms with Gasteiger partial charge in [-0.25, -0.2) is 17.9 Å². The van der Waals surface area contributed by atoms with Crippen molar-refractivity contribution in [2.45, 2.75) is 19.4 Å². The SMILES string of the molecule is COC(=O)c1ccc2[nH]c3c(c2c1)CN(C(=O)c1ccc(CCNS(C)(=O)=O)s1)CC3. The number of thiophene rings is 1. The Labute approximate surface area is 184 Å². The van der Waals surface area contributed by atoms with Crippen LogP contribution >= 0.6 is 11.3 Å². The second-order valence-electron chi connectivity index (χ2n) is 7.49. The number of benzene rings is 1. The fourth-order valence-corrected chi connectivity index (χ4v) is 5.22. The lowest BCUT2D eigenvalue weighted by molar-refractivity contribution is 0.0600. The maximum atomic E-state index is 13.1. The molecule has 1 aliphatic heterocycles. The van der Waals surface area contributed by atoms with E-state index < -0.39 is 16.0 Å². The Bertz CT molecular complexity index is 1260.